The number of aliphatic hydroxyl groups excluding tert-OH is 1. The summed E-state index contributed by atoms with van der Waals surface area (Å²) in [7, 11) is 0. The fraction of sp³-hybridized carbons (Fsp3) is 0.500. The van der Waals surface area contributed by atoms with Gasteiger partial charge in [-0.1, -0.05) is 18.1 Å². The van der Waals surface area contributed by atoms with Crippen LogP contribution in [0.2, 0.25) is 0 Å². The highest BCUT2D eigenvalue weighted by Crippen LogP contribution is 2.21. The normalized spacial score (nSPS) is 22.9. The molecule has 0 bridgehead atoms. The van der Waals surface area contributed by atoms with Gasteiger partial charge < -0.3 is 5.11 Å². The molecule has 1 unspecified atom stereocenters. The molecule has 2 heteroatoms. The van der Waals surface area contributed by atoms with Crippen LogP contribution in [0.5, 0.6) is 0 Å². The minimum absolute atomic E-state index is 0.203. The van der Waals surface area contributed by atoms with E-state index in [1.54, 1.807) is 11.3 Å². The summed E-state index contributed by atoms with van der Waals surface area (Å²) in [5, 5.41) is 13.9. The van der Waals surface area contributed by atoms with Crippen LogP contribution in [-0.2, 0) is 6.42 Å². The fourth-order valence-electron chi connectivity index (χ4n) is 1.95. The van der Waals surface area contributed by atoms with Crippen molar-refractivity contribution in [1.29, 1.82) is 0 Å². The molecule has 1 aromatic rings. The summed E-state index contributed by atoms with van der Waals surface area (Å²) in [5.74, 6) is 0. The lowest BCUT2D eigenvalue weighted by molar-refractivity contribution is 0.211. The molecule has 0 amide bonds. The second-order valence-electron chi connectivity index (χ2n) is 3.95. The Morgan fingerprint density at radius 2 is 2.36 bits per heavy atom. The predicted octanol–water partition coefficient (Wildman–Crippen LogP) is 3.15. The smallest absolute Gasteiger partial charge is 0.0723 e. The highest BCUT2D eigenvalue weighted by Gasteiger charge is 2.09. The molecule has 0 aromatic carbocycles. The minimum Gasteiger partial charge on any atom is -0.389 e. The second-order valence-corrected chi connectivity index (χ2v) is 4.73. The lowest BCUT2D eigenvalue weighted by atomic mass is 10.0. The molecule has 1 aromatic heterocycles. The Labute approximate surface area is 89.1 Å². The first-order chi connectivity index (χ1) is 6.84. The third kappa shape index (κ3) is 2.69. The van der Waals surface area contributed by atoms with Crippen LogP contribution < -0.4 is 0 Å². The van der Waals surface area contributed by atoms with Gasteiger partial charge >= 0.3 is 0 Å². The summed E-state index contributed by atoms with van der Waals surface area (Å²) in [6.07, 6.45) is 7.37. The third-order valence-electron chi connectivity index (χ3n) is 2.69. The van der Waals surface area contributed by atoms with E-state index in [1.165, 1.54) is 17.6 Å². The van der Waals surface area contributed by atoms with Crippen molar-refractivity contribution in [2.45, 2.75) is 38.2 Å². The van der Waals surface area contributed by atoms with E-state index in [0.717, 1.165) is 25.7 Å². The molecule has 1 heterocycles. The molecular formula is C12H16OS. The lowest BCUT2D eigenvalue weighted by Crippen LogP contribution is -2.00. The molecule has 2 rings (SSSR count). The summed E-state index contributed by atoms with van der Waals surface area (Å²) in [6.45, 7) is 0. The molecule has 0 saturated carbocycles. The molecule has 1 nitrogen and oxygen atoms in total. The molecule has 14 heavy (non-hydrogen) atoms. The van der Waals surface area contributed by atoms with E-state index < -0.39 is 0 Å². The molecule has 1 N–H and O–H groups in total. The average molecular weight is 208 g/mol. The van der Waals surface area contributed by atoms with Gasteiger partial charge in [0.2, 0.25) is 0 Å². The van der Waals surface area contributed by atoms with Crippen molar-refractivity contribution >= 4 is 11.3 Å². The van der Waals surface area contributed by atoms with Gasteiger partial charge in [0.05, 0.1) is 6.10 Å². The maximum atomic E-state index is 9.61. The zero-order valence-electron chi connectivity index (χ0n) is 8.28. The van der Waals surface area contributed by atoms with E-state index in [-0.39, 0.29) is 6.10 Å². The molecule has 1 aliphatic rings. The van der Waals surface area contributed by atoms with E-state index in [0.29, 0.717) is 0 Å². The fourth-order valence-corrected chi connectivity index (χ4v) is 2.62. The molecule has 0 saturated heterocycles. The summed E-state index contributed by atoms with van der Waals surface area (Å²) in [6, 6.07) is 2.17. The number of hydrogen-bond acceptors (Lipinski definition) is 2. The Balaban J connectivity index is 2.02. The SMILES string of the molecule is OC1C=C(Cc2ccsc2)CCCC1. The lowest BCUT2D eigenvalue weighted by Gasteiger charge is -2.04. The van der Waals surface area contributed by atoms with Crippen LogP contribution in [0, 0.1) is 0 Å². The molecule has 0 spiro atoms. The molecule has 76 valence electrons. The number of thiophene rings is 1. The number of rotatable bonds is 2. The van der Waals surface area contributed by atoms with Crippen molar-refractivity contribution in [1.82, 2.24) is 0 Å². The van der Waals surface area contributed by atoms with Crippen LogP contribution in [0.3, 0.4) is 0 Å². The Kier molecular flexibility index (Phi) is 3.38. The van der Waals surface area contributed by atoms with Gasteiger partial charge in [-0.15, -0.1) is 0 Å². The van der Waals surface area contributed by atoms with Gasteiger partial charge in [0.15, 0.2) is 0 Å². The quantitative estimate of drug-likeness (QED) is 0.740. The molecule has 0 aliphatic heterocycles. The Morgan fingerprint density at radius 1 is 1.43 bits per heavy atom. The zero-order chi connectivity index (χ0) is 9.80. The maximum Gasteiger partial charge on any atom is 0.0723 e. The Hall–Kier alpha value is -0.600. The van der Waals surface area contributed by atoms with Gasteiger partial charge in [0, 0.05) is 0 Å². The van der Waals surface area contributed by atoms with Crippen LogP contribution in [-0.4, -0.2) is 11.2 Å². The highest BCUT2D eigenvalue weighted by molar-refractivity contribution is 7.07. The van der Waals surface area contributed by atoms with Crippen LogP contribution in [0.1, 0.15) is 31.2 Å². The van der Waals surface area contributed by atoms with E-state index in [4.69, 9.17) is 0 Å². The van der Waals surface area contributed by atoms with Crippen molar-refractivity contribution in [3.63, 3.8) is 0 Å². The summed E-state index contributed by atoms with van der Waals surface area (Å²) in [5.41, 5.74) is 2.80. The minimum atomic E-state index is -0.203. The molecule has 0 fully saturated rings. The number of hydrogen-bond donors (Lipinski definition) is 1. The number of aliphatic hydroxyl groups is 1. The second kappa shape index (κ2) is 4.76. The van der Waals surface area contributed by atoms with Crippen LogP contribution in [0.15, 0.2) is 28.5 Å². The third-order valence-corrected chi connectivity index (χ3v) is 3.42. The van der Waals surface area contributed by atoms with Gasteiger partial charge in [-0.2, -0.15) is 11.3 Å². The molecule has 1 atom stereocenters. The largest absolute Gasteiger partial charge is 0.389 e. The Morgan fingerprint density at radius 3 is 3.14 bits per heavy atom. The topological polar surface area (TPSA) is 20.2 Å². The molecule has 0 radical (unpaired) electrons. The van der Waals surface area contributed by atoms with Crippen LogP contribution >= 0.6 is 11.3 Å². The van der Waals surface area contributed by atoms with Gasteiger partial charge in [0.1, 0.15) is 0 Å². The highest BCUT2D eigenvalue weighted by atomic mass is 32.1. The Bertz CT molecular complexity index is 300. The zero-order valence-corrected chi connectivity index (χ0v) is 9.09. The molecular weight excluding hydrogens is 192 g/mol. The summed E-state index contributed by atoms with van der Waals surface area (Å²) < 4.78 is 0. The van der Waals surface area contributed by atoms with Crippen LogP contribution in [0.4, 0.5) is 0 Å². The van der Waals surface area contributed by atoms with E-state index >= 15 is 0 Å². The first-order valence-electron chi connectivity index (χ1n) is 5.23. The summed E-state index contributed by atoms with van der Waals surface area (Å²) in [4.78, 5) is 0. The first-order valence-corrected chi connectivity index (χ1v) is 6.17. The van der Waals surface area contributed by atoms with Crippen molar-refractivity contribution in [2.75, 3.05) is 0 Å². The maximum absolute atomic E-state index is 9.61. The van der Waals surface area contributed by atoms with Gasteiger partial charge in [0.25, 0.3) is 0 Å². The number of allylic oxidation sites excluding steroid dienone is 1. The van der Waals surface area contributed by atoms with E-state index in [1.807, 2.05) is 0 Å². The van der Waals surface area contributed by atoms with Gasteiger partial charge in [-0.3, -0.25) is 0 Å². The standard InChI is InChI=1S/C12H16OS/c13-12-4-2-1-3-10(8-12)7-11-5-6-14-9-11/h5-6,8-9,12-13H,1-4,7H2. The predicted molar refractivity (Wildman–Crippen MR) is 60.6 cm³/mol. The van der Waals surface area contributed by atoms with Crippen LogP contribution in [0.25, 0.3) is 0 Å². The van der Waals surface area contributed by atoms with E-state index in [2.05, 4.69) is 22.9 Å². The molecule has 1 aliphatic carbocycles. The average Bonchev–Trinajstić information content (AvgIpc) is 2.56. The van der Waals surface area contributed by atoms with Crippen molar-refractivity contribution in [3.8, 4) is 0 Å². The van der Waals surface area contributed by atoms with Crippen molar-refractivity contribution in [3.05, 3.63) is 34.0 Å². The first kappa shape index (κ1) is 9.94. The monoisotopic (exact) mass is 208 g/mol. The van der Waals surface area contributed by atoms with Gasteiger partial charge in [-0.25, -0.2) is 0 Å². The van der Waals surface area contributed by atoms with Crippen molar-refractivity contribution in [2.24, 2.45) is 0 Å². The summed E-state index contributed by atoms with van der Waals surface area (Å²) >= 11 is 1.74. The van der Waals surface area contributed by atoms with Gasteiger partial charge in [-0.05, 0) is 48.1 Å². The van der Waals surface area contributed by atoms with E-state index in [9.17, 15) is 5.11 Å². The van der Waals surface area contributed by atoms with Crippen molar-refractivity contribution < 1.29 is 5.11 Å².